The number of rotatable bonds is 6. The highest BCUT2D eigenvalue weighted by Crippen LogP contribution is 2.20. The third-order valence-corrected chi connectivity index (χ3v) is 2.99. The van der Waals surface area contributed by atoms with Crippen molar-refractivity contribution in [3.05, 3.63) is 29.3 Å². The maximum absolute atomic E-state index is 5.57. The Morgan fingerprint density at radius 3 is 2.35 bits per heavy atom. The summed E-state index contributed by atoms with van der Waals surface area (Å²) in [4.78, 5) is 4.51. The highest BCUT2D eigenvalue weighted by atomic mass is 15.2. The maximum Gasteiger partial charge on any atom is 0.0393 e. The molecule has 0 heterocycles. The summed E-state index contributed by atoms with van der Waals surface area (Å²) < 4.78 is 0. The number of likely N-dealkylation sites (N-methyl/N-ethyl adjacent to an activating group) is 2. The zero-order valence-corrected chi connectivity index (χ0v) is 11.5. The monoisotopic (exact) mass is 235 g/mol. The van der Waals surface area contributed by atoms with Gasteiger partial charge in [-0.3, -0.25) is 0 Å². The van der Waals surface area contributed by atoms with E-state index in [1.807, 2.05) is 0 Å². The van der Waals surface area contributed by atoms with Crippen molar-refractivity contribution < 1.29 is 0 Å². The molecule has 0 spiro atoms. The number of hydrogen-bond acceptors (Lipinski definition) is 3. The number of aryl methyl sites for hydroxylation is 1. The van der Waals surface area contributed by atoms with Crippen molar-refractivity contribution in [1.82, 2.24) is 4.90 Å². The SMILES string of the molecule is Cc1cc(CCN)ccc1N(C)CCN(C)C. The van der Waals surface area contributed by atoms with Gasteiger partial charge in [-0.05, 0) is 51.2 Å². The van der Waals surface area contributed by atoms with Gasteiger partial charge in [-0.1, -0.05) is 12.1 Å². The summed E-state index contributed by atoms with van der Waals surface area (Å²) in [5.74, 6) is 0. The first kappa shape index (κ1) is 14.0. The normalized spacial score (nSPS) is 10.9. The second-order valence-electron chi connectivity index (χ2n) is 4.88. The lowest BCUT2D eigenvalue weighted by molar-refractivity contribution is 0.416. The van der Waals surface area contributed by atoms with Gasteiger partial charge in [0.25, 0.3) is 0 Å². The molecule has 0 aromatic heterocycles. The molecule has 0 atom stereocenters. The molecule has 0 radical (unpaired) electrons. The Morgan fingerprint density at radius 1 is 1.12 bits per heavy atom. The van der Waals surface area contributed by atoms with Crippen molar-refractivity contribution in [2.24, 2.45) is 5.73 Å². The van der Waals surface area contributed by atoms with Crippen molar-refractivity contribution in [2.75, 3.05) is 45.7 Å². The molecule has 0 amide bonds. The minimum absolute atomic E-state index is 0.718. The first-order valence-electron chi connectivity index (χ1n) is 6.20. The molecule has 0 unspecified atom stereocenters. The minimum atomic E-state index is 0.718. The summed E-state index contributed by atoms with van der Waals surface area (Å²) in [5.41, 5.74) is 9.55. The van der Waals surface area contributed by atoms with Crippen LogP contribution in [0.25, 0.3) is 0 Å². The van der Waals surface area contributed by atoms with Gasteiger partial charge in [-0.15, -0.1) is 0 Å². The van der Waals surface area contributed by atoms with E-state index in [1.54, 1.807) is 0 Å². The number of anilines is 1. The molecule has 1 aromatic carbocycles. The van der Waals surface area contributed by atoms with Crippen LogP contribution < -0.4 is 10.6 Å². The molecule has 0 aliphatic rings. The smallest absolute Gasteiger partial charge is 0.0393 e. The van der Waals surface area contributed by atoms with Crippen LogP contribution in [-0.4, -0.2) is 45.7 Å². The molecule has 0 bridgehead atoms. The Labute approximate surface area is 105 Å². The molecule has 96 valence electrons. The van der Waals surface area contributed by atoms with Crippen LogP contribution >= 0.6 is 0 Å². The zero-order valence-electron chi connectivity index (χ0n) is 11.5. The average molecular weight is 235 g/mol. The zero-order chi connectivity index (χ0) is 12.8. The van der Waals surface area contributed by atoms with E-state index >= 15 is 0 Å². The molecule has 2 N–H and O–H groups in total. The van der Waals surface area contributed by atoms with Crippen molar-refractivity contribution in [1.29, 1.82) is 0 Å². The Balaban J connectivity index is 2.70. The highest BCUT2D eigenvalue weighted by Gasteiger charge is 2.05. The summed E-state index contributed by atoms with van der Waals surface area (Å²) >= 11 is 0. The van der Waals surface area contributed by atoms with Gasteiger partial charge in [-0.25, -0.2) is 0 Å². The van der Waals surface area contributed by atoms with Crippen LogP contribution in [0.2, 0.25) is 0 Å². The molecular weight excluding hydrogens is 210 g/mol. The second kappa shape index (κ2) is 6.62. The van der Waals surface area contributed by atoms with Crippen molar-refractivity contribution in [3.63, 3.8) is 0 Å². The van der Waals surface area contributed by atoms with E-state index in [1.165, 1.54) is 16.8 Å². The lowest BCUT2D eigenvalue weighted by Gasteiger charge is -2.23. The standard InChI is InChI=1S/C14H25N3/c1-12-11-13(7-8-15)5-6-14(12)17(4)10-9-16(2)3/h5-6,11H,7-10,15H2,1-4H3. The molecular formula is C14H25N3. The van der Waals surface area contributed by atoms with Crippen molar-refractivity contribution in [2.45, 2.75) is 13.3 Å². The van der Waals surface area contributed by atoms with E-state index in [2.05, 4.69) is 56.1 Å². The molecule has 17 heavy (non-hydrogen) atoms. The van der Waals surface area contributed by atoms with E-state index < -0.39 is 0 Å². The fourth-order valence-electron chi connectivity index (χ4n) is 1.94. The average Bonchev–Trinajstić information content (AvgIpc) is 2.26. The van der Waals surface area contributed by atoms with E-state index in [4.69, 9.17) is 5.73 Å². The highest BCUT2D eigenvalue weighted by molar-refractivity contribution is 5.54. The lowest BCUT2D eigenvalue weighted by Crippen LogP contribution is -2.28. The minimum Gasteiger partial charge on any atom is -0.373 e. The molecule has 0 aliphatic heterocycles. The van der Waals surface area contributed by atoms with E-state index in [9.17, 15) is 0 Å². The Bertz CT molecular complexity index is 347. The summed E-state index contributed by atoms with van der Waals surface area (Å²) in [7, 11) is 6.35. The van der Waals surface area contributed by atoms with Crippen LogP contribution in [0.3, 0.4) is 0 Å². The van der Waals surface area contributed by atoms with Crippen molar-refractivity contribution in [3.8, 4) is 0 Å². The molecule has 0 saturated carbocycles. The first-order chi connectivity index (χ1) is 8.04. The Morgan fingerprint density at radius 2 is 1.82 bits per heavy atom. The van der Waals surface area contributed by atoms with Gasteiger partial charge < -0.3 is 15.5 Å². The largest absolute Gasteiger partial charge is 0.373 e. The molecule has 3 nitrogen and oxygen atoms in total. The van der Waals surface area contributed by atoms with Crippen LogP contribution in [0.15, 0.2) is 18.2 Å². The second-order valence-corrected chi connectivity index (χ2v) is 4.88. The van der Waals surface area contributed by atoms with Crippen LogP contribution in [0.1, 0.15) is 11.1 Å². The Hall–Kier alpha value is -1.06. The van der Waals surface area contributed by atoms with Gasteiger partial charge in [0.05, 0.1) is 0 Å². The van der Waals surface area contributed by atoms with Crippen molar-refractivity contribution >= 4 is 5.69 Å². The van der Waals surface area contributed by atoms with Crippen LogP contribution in [0, 0.1) is 6.92 Å². The third kappa shape index (κ3) is 4.36. The predicted octanol–water partition coefficient (Wildman–Crippen LogP) is 1.49. The predicted molar refractivity (Wildman–Crippen MR) is 75.8 cm³/mol. The maximum atomic E-state index is 5.57. The summed E-state index contributed by atoms with van der Waals surface area (Å²) in [6, 6.07) is 6.63. The number of hydrogen-bond donors (Lipinski definition) is 1. The third-order valence-electron chi connectivity index (χ3n) is 2.99. The summed E-state index contributed by atoms with van der Waals surface area (Å²) in [6.07, 6.45) is 0.961. The molecule has 0 aliphatic carbocycles. The molecule has 0 saturated heterocycles. The van der Waals surface area contributed by atoms with Gasteiger partial charge >= 0.3 is 0 Å². The van der Waals surface area contributed by atoms with Gasteiger partial charge in [-0.2, -0.15) is 0 Å². The van der Waals surface area contributed by atoms with E-state index in [0.29, 0.717) is 0 Å². The number of benzene rings is 1. The quantitative estimate of drug-likeness (QED) is 0.811. The Kier molecular flexibility index (Phi) is 5.45. The summed E-state index contributed by atoms with van der Waals surface area (Å²) in [5, 5.41) is 0. The van der Waals surface area contributed by atoms with Crippen LogP contribution in [0.5, 0.6) is 0 Å². The molecule has 3 heteroatoms. The lowest BCUT2D eigenvalue weighted by atomic mass is 10.1. The molecule has 0 fully saturated rings. The fourth-order valence-corrected chi connectivity index (χ4v) is 1.94. The fraction of sp³-hybridized carbons (Fsp3) is 0.571. The van der Waals surface area contributed by atoms with E-state index in [-0.39, 0.29) is 0 Å². The van der Waals surface area contributed by atoms with Crippen LogP contribution in [0.4, 0.5) is 5.69 Å². The number of nitrogens with zero attached hydrogens (tertiary/aromatic N) is 2. The molecule has 1 aromatic rings. The topological polar surface area (TPSA) is 32.5 Å². The van der Waals surface area contributed by atoms with E-state index in [0.717, 1.165) is 26.1 Å². The van der Waals surface area contributed by atoms with Gasteiger partial charge in [0.15, 0.2) is 0 Å². The van der Waals surface area contributed by atoms with Gasteiger partial charge in [0.1, 0.15) is 0 Å². The number of nitrogens with two attached hydrogens (primary N) is 1. The van der Waals surface area contributed by atoms with Gasteiger partial charge in [0, 0.05) is 25.8 Å². The van der Waals surface area contributed by atoms with Gasteiger partial charge in [0.2, 0.25) is 0 Å². The summed E-state index contributed by atoms with van der Waals surface area (Å²) in [6.45, 7) is 5.00. The first-order valence-corrected chi connectivity index (χ1v) is 6.20. The van der Waals surface area contributed by atoms with Crippen LogP contribution in [-0.2, 0) is 6.42 Å². The molecule has 1 rings (SSSR count).